The minimum absolute atomic E-state index is 0.627. The molecule has 2 aromatic carbocycles. The Bertz CT molecular complexity index is 1810. The topological polar surface area (TPSA) is 80.6 Å². The van der Waals surface area contributed by atoms with Crippen LogP contribution in [0.15, 0.2) is 141 Å². The van der Waals surface area contributed by atoms with Crippen molar-refractivity contribution in [3.63, 3.8) is 0 Å². The molecule has 0 amide bonds. The lowest BCUT2D eigenvalue weighted by atomic mass is 9.94. The molecular weight excluding hydrogens is 554 g/mol. The van der Waals surface area contributed by atoms with E-state index in [4.69, 9.17) is 9.97 Å². The zero-order valence-corrected chi connectivity index (χ0v) is 24.9. The van der Waals surface area contributed by atoms with E-state index in [1.807, 2.05) is 117 Å². The second-order valence-corrected chi connectivity index (χ2v) is 10.9. The minimum Gasteiger partial charge on any atom is -0.347 e. The van der Waals surface area contributed by atoms with Gasteiger partial charge in [-0.25, -0.2) is 9.97 Å². The van der Waals surface area contributed by atoms with E-state index < -0.39 is 0 Å². The van der Waals surface area contributed by atoms with Crippen LogP contribution >= 0.6 is 0 Å². The molecule has 0 saturated carbocycles. The van der Waals surface area contributed by atoms with Crippen LogP contribution in [0.1, 0.15) is 0 Å². The normalized spacial score (nSPS) is 10.9. The average Bonchev–Trinajstić information content (AvgIpc) is 3.12. The summed E-state index contributed by atoms with van der Waals surface area (Å²) >= 11 is 0. The van der Waals surface area contributed by atoms with Crippen molar-refractivity contribution in [1.29, 1.82) is 0 Å². The lowest BCUT2D eigenvalue weighted by Gasteiger charge is -2.16. The third-order valence-corrected chi connectivity index (χ3v) is 7.63. The van der Waals surface area contributed by atoms with Crippen molar-refractivity contribution >= 4 is 5.95 Å². The van der Waals surface area contributed by atoms with Crippen molar-refractivity contribution in [3.8, 4) is 67.0 Å². The van der Waals surface area contributed by atoms with Crippen LogP contribution in [0.3, 0.4) is 0 Å². The van der Waals surface area contributed by atoms with Crippen LogP contribution in [0.2, 0.25) is 0 Å². The van der Waals surface area contributed by atoms with Crippen LogP contribution in [-0.2, 0) is 0 Å². The van der Waals surface area contributed by atoms with Gasteiger partial charge in [0.25, 0.3) is 0 Å². The summed E-state index contributed by atoms with van der Waals surface area (Å²) in [6, 6.07) is 31.4. The van der Waals surface area contributed by atoms with E-state index in [1.165, 1.54) is 0 Å². The van der Waals surface area contributed by atoms with Crippen molar-refractivity contribution in [2.24, 2.45) is 0 Å². The monoisotopic (exact) mass is 583 g/mol. The highest BCUT2D eigenvalue weighted by Gasteiger charge is 2.15. The number of hydrogen-bond acceptors (Lipinski definition) is 7. The van der Waals surface area contributed by atoms with Crippen molar-refractivity contribution in [3.05, 3.63) is 141 Å². The van der Waals surface area contributed by atoms with Gasteiger partial charge in [0.2, 0.25) is 5.95 Å². The number of benzene rings is 2. The zero-order chi connectivity index (χ0) is 30.6. The first-order chi connectivity index (χ1) is 22.1. The van der Waals surface area contributed by atoms with Gasteiger partial charge in [0, 0.05) is 74.8 Å². The molecule has 0 aliphatic heterocycles. The molecule has 5 heterocycles. The quantitative estimate of drug-likeness (QED) is 0.187. The second-order valence-electron chi connectivity index (χ2n) is 10.9. The van der Waals surface area contributed by atoms with E-state index in [0.717, 1.165) is 67.0 Å². The lowest BCUT2D eigenvalue weighted by Crippen LogP contribution is -2.13. The highest BCUT2D eigenvalue weighted by molar-refractivity contribution is 5.84. The van der Waals surface area contributed by atoms with Gasteiger partial charge in [0.05, 0.1) is 11.4 Å². The van der Waals surface area contributed by atoms with Gasteiger partial charge >= 0.3 is 0 Å². The molecule has 7 aromatic rings. The highest BCUT2D eigenvalue weighted by atomic mass is 15.2. The van der Waals surface area contributed by atoms with Crippen molar-refractivity contribution < 1.29 is 0 Å². The predicted octanol–water partition coefficient (Wildman–Crippen LogP) is 8.12. The zero-order valence-electron chi connectivity index (χ0n) is 24.9. The number of hydrogen-bond donors (Lipinski definition) is 0. The van der Waals surface area contributed by atoms with Gasteiger partial charge in [0.1, 0.15) is 0 Å². The van der Waals surface area contributed by atoms with Crippen LogP contribution in [0, 0.1) is 0 Å². The fourth-order valence-corrected chi connectivity index (χ4v) is 5.33. The molecule has 0 aliphatic carbocycles. The maximum Gasteiger partial charge on any atom is 0.225 e. The minimum atomic E-state index is 0.627. The van der Waals surface area contributed by atoms with Crippen molar-refractivity contribution in [1.82, 2.24) is 29.9 Å². The fraction of sp³-hybridized carbons (Fsp3) is 0.0526. The van der Waals surface area contributed by atoms with Crippen LogP contribution in [0.25, 0.3) is 67.0 Å². The summed E-state index contributed by atoms with van der Waals surface area (Å²) < 4.78 is 0. The molecule has 0 radical (unpaired) electrons. The van der Waals surface area contributed by atoms with Crippen molar-refractivity contribution in [2.45, 2.75) is 0 Å². The molecule has 7 nitrogen and oxygen atoms in total. The van der Waals surface area contributed by atoms with Gasteiger partial charge in [-0.3, -0.25) is 19.9 Å². The van der Waals surface area contributed by atoms with Crippen LogP contribution in [0.4, 0.5) is 5.95 Å². The van der Waals surface area contributed by atoms with Crippen molar-refractivity contribution in [2.75, 3.05) is 19.0 Å². The third kappa shape index (κ3) is 6.05. The van der Waals surface area contributed by atoms with E-state index in [0.29, 0.717) is 5.95 Å². The molecule has 7 heteroatoms. The van der Waals surface area contributed by atoms with E-state index in [1.54, 1.807) is 0 Å². The smallest absolute Gasteiger partial charge is 0.225 e. The van der Waals surface area contributed by atoms with Gasteiger partial charge in [-0.15, -0.1) is 0 Å². The molecule has 7 rings (SSSR count). The van der Waals surface area contributed by atoms with Crippen LogP contribution < -0.4 is 4.90 Å². The maximum absolute atomic E-state index is 5.03. The van der Waals surface area contributed by atoms with Gasteiger partial charge in [-0.1, -0.05) is 0 Å². The van der Waals surface area contributed by atoms with Gasteiger partial charge in [0.15, 0.2) is 0 Å². The standard InChI is InChI=1S/C38H29N7/c1-45(2)38-43-36(34-21-30(26-3-11-39-12-4-26)19-31(22-34)27-5-13-40-14-6-27)25-37(44-38)35-23-32(28-7-15-41-16-8-28)20-33(24-35)29-9-17-42-18-10-29/h3-25H,1-2H3. The number of rotatable bonds is 7. The Hall–Kier alpha value is -6.08. The molecule has 0 atom stereocenters. The Kier molecular flexibility index (Phi) is 7.56. The molecule has 0 fully saturated rings. The average molecular weight is 584 g/mol. The molecule has 5 aromatic heterocycles. The Morgan fingerprint density at radius 3 is 0.867 bits per heavy atom. The van der Waals surface area contributed by atoms with Crippen LogP contribution in [0.5, 0.6) is 0 Å². The Labute approximate surface area is 262 Å². The number of aromatic nitrogens is 6. The van der Waals surface area contributed by atoms with E-state index in [2.05, 4.69) is 62.4 Å². The molecule has 45 heavy (non-hydrogen) atoms. The van der Waals surface area contributed by atoms with Gasteiger partial charge in [-0.2, -0.15) is 0 Å². The summed E-state index contributed by atoms with van der Waals surface area (Å²) in [6.45, 7) is 0. The van der Waals surface area contributed by atoms with Crippen LogP contribution in [-0.4, -0.2) is 44.0 Å². The Morgan fingerprint density at radius 2 is 0.600 bits per heavy atom. The fourth-order valence-electron chi connectivity index (χ4n) is 5.33. The molecule has 0 bridgehead atoms. The predicted molar refractivity (Wildman–Crippen MR) is 180 cm³/mol. The first-order valence-electron chi connectivity index (χ1n) is 14.6. The molecule has 0 spiro atoms. The summed E-state index contributed by atoms with van der Waals surface area (Å²) in [4.78, 5) is 28.9. The molecule has 0 aliphatic rings. The molecule has 0 saturated heterocycles. The lowest BCUT2D eigenvalue weighted by molar-refractivity contribution is 1.00. The first-order valence-corrected chi connectivity index (χ1v) is 14.6. The van der Waals surface area contributed by atoms with E-state index in [9.17, 15) is 0 Å². The van der Waals surface area contributed by atoms with Gasteiger partial charge < -0.3 is 4.90 Å². The molecular formula is C38H29N7. The SMILES string of the molecule is CN(C)c1nc(-c2cc(-c3ccncc3)cc(-c3ccncc3)c2)cc(-c2cc(-c3ccncc3)cc(-c3ccncc3)c2)n1. The highest BCUT2D eigenvalue weighted by Crippen LogP contribution is 2.36. The number of anilines is 1. The Morgan fingerprint density at radius 1 is 0.333 bits per heavy atom. The second kappa shape index (κ2) is 12.3. The summed E-state index contributed by atoms with van der Waals surface area (Å²) in [5.74, 6) is 0.627. The number of nitrogens with zero attached hydrogens (tertiary/aromatic N) is 7. The summed E-state index contributed by atoms with van der Waals surface area (Å²) in [6.07, 6.45) is 14.5. The molecule has 0 N–H and O–H groups in total. The molecule has 0 unspecified atom stereocenters. The molecule has 216 valence electrons. The Balaban J connectivity index is 1.43. The van der Waals surface area contributed by atoms with Gasteiger partial charge in [-0.05, 0) is 136 Å². The van der Waals surface area contributed by atoms with E-state index >= 15 is 0 Å². The summed E-state index contributed by atoms with van der Waals surface area (Å²) in [5, 5.41) is 0. The first kappa shape index (κ1) is 27.7. The van der Waals surface area contributed by atoms with E-state index in [-0.39, 0.29) is 0 Å². The number of pyridine rings is 4. The summed E-state index contributed by atoms with van der Waals surface area (Å²) in [7, 11) is 3.93. The third-order valence-electron chi connectivity index (χ3n) is 7.63. The summed E-state index contributed by atoms with van der Waals surface area (Å²) in [5.41, 5.74) is 12.3. The maximum atomic E-state index is 5.03. The largest absolute Gasteiger partial charge is 0.347 e.